The first kappa shape index (κ1) is 15.1. The number of nitrogens with one attached hydrogen (secondary N) is 1. The highest BCUT2D eigenvalue weighted by molar-refractivity contribution is 9.10. The Balaban J connectivity index is 2.33. The molecule has 0 aliphatic heterocycles. The number of carbonyl (C=O) groups is 1. The number of amides is 1. The van der Waals surface area contributed by atoms with Crippen LogP contribution in [0.2, 0.25) is 0 Å². The molecule has 0 unspecified atom stereocenters. The highest BCUT2D eigenvalue weighted by Gasteiger charge is 2.13. The Hall–Kier alpha value is -1.26. The fourth-order valence-corrected chi connectivity index (χ4v) is 3.40. The van der Waals surface area contributed by atoms with Gasteiger partial charge in [-0.1, -0.05) is 28.1 Å². The maximum atomic E-state index is 12.4. The fourth-order valence-electron chi connectivity index (χ4n) is 2.12. The molecule has 104 valence electrons. The van der Waals surface area contributed by atoms with Crippen molar-refractivity contribution in [2.45, 2.75) is 18.7 Å². The molecule has 2 aromatic rings. The Bertz CT molecular complexity index is 632. The van der Waals surface area contributed by atoms with Gasteiger partial charge in [0.2, 0.25) is 0 Å². The molecule has 0 saturated carbocycles. The third kappa shape index (κ3) is 3.25. The van der Waals surface area contributed by atoms with Crippen molar-refractivity contribution in [3.8, 4) is 0 Å². The summed E-state index contributed by atoms with van der Waals surface area (Å²) in [7, 11) is 0. The van der Waals surface area contributed by atoms with Gasteiger partial charge in [-0.15, -0.1) is 11.8 Å². The van der Waals surface area contributed by atoms with Crippen molar-refractivity contribution >= 4 is 39.3 Å². The van der Waals surface area contributed by atoms with Crippen LogP contribution in [-0.4, -0.2) is 12.2 Å². The summed E-state index contributed by atoms with van der Waals surface area (Å²) >= 11 is 5.04. The largest absolute Gasteiger partial charge is 0.321 e. The molecular weight excluding hydrogens is 334 g/mol. The summed E-state index contributed by atoms with van der Waals surface area (Å²) in [6.07, 6.45) is 1.97. The van der Waals surface area contributed by atoms with Gasteiger partial charge in [0.15, 0.2) is 0 Å². The van der Waals surface area contributed by atoms with Crippen molar-refractivity contribution in [2.75, 3.05) is 11.6 Å². The van der Waals surface area contributed by atoms with Crippen molar-refractivity contribution in [1.82, 2.24) is 0 Å². The zero-order valence-electron chi connectivity index (χ0n) is 11.7. The SMILES string of the molecule is CSc1ccccc1C(=O)Nc1c(C)cc(Br)cc1C. The van der Waals surface area contributed by atoms with E-state index in [0.29, 0.717) is 5.56 Å². The smallest absolute Gasteiger partial charge is 0.256 e. The first-order valence-electron chi connectivity index (χ1n) is 6.24. The molecule has 0 atom stereocenters. The number of rotatable bonds is 3. The molecule has 0 fully saturated rings. The molecule has 0 aliphatic carbocycles. The number of hydrogen-bond acceptors (Lipinski definition) is 2. The van der Waals surface area contributed by atoms with Gasteiger partial charge in [0.1, 0.15) is 0 Å². The molecule has 20 heavy (non-hydrogen) atoms. The molecule has 2 aromatic carbocycles. The number of anilines is 1. The van der Waals surface area contributed by atoms with Gasteiger partial charge in [-0.05, 0) is 55.5 Å². The second-order valence-corrected chi connectivity index (χ2v) is 6.33. The number of halogens is 1. The zero-order chi connectivity index (χ0) is 14.7. The number of hydrogen-bond donors (Lipinski definition) is 1. The third-order valence-electron chi connectivity index (χ3n) is 3.09. The van der Waals surface area contributed by atoms with E-state index in [1.165, 1.54) is 0 Å². The van der Waals surface area contributed by atoms with E-state index in [2.05, 4.69) is 21.2 Å². The molecule has 0 spiro atoms. The van der Waals surface area contributed by atoms with Crippen LogP contribution in [0.3, 0.4) is 0 Å². The van der Waals surface area contributed by atoms with Crippen LogP contribution in [0.5, 0.6) is 0 Å². The van der Waals surface area contributed by atoms with E-state index in [9.17, 15) is 4.79 Å². The molecule has 2 nitrogen and oxygen atoms in total. The lowest BCUT2D eigenvalue weighted by molar-refractivity contribution is 0.102. The summed E-state index contributed by atoms with van der Waals surface area (Å²) in [6, 6.07) is 11.6. The Morgan fingerprint density at radius 1 is 1.15 bits per heavy atom. The van der Waals surface area contributed by atoms with Crippen molar-refractivity contribution in [2.24, 2.45) is 0 Å². The number of benzene rings is 2. The molecule has 0 aliphatic rings. The lowest BCUT2D eigenvalue weighted by Crippen LogP contribution is -2.14. The number of aryl methyl sites for hydroxylation is 2. The number of thioether (sulfide) groups is 1. The van der Waals surface area contributed by atoms with Gasteiger partial charge in [-0.3, -0.25) is 4.79 Å². The van der Waals surface area contributed by atoms with Crippen LogP contribution in [-0.2, 0) is 0 Å². The normalized spacial score (nSPS) is 10.4. The van der Waals surface area contributed by atoms with Crippen LogP contribution in [0, 0.1) is 13.8 Å². The predicted molar refractivity (Wildman–Crippen MR) is 89.8 cm³/mol. The molecule has 0 radical (unpaired) electrons. The summed E-state index contributed by atoms with van der Waals surface area (Å²) in [5, 5.41) is 3.02. The Kier molecular flexibility index (Phi) is 4.89. The first-order chi connectivity index (χ1) is 9.52. The maximum Gasteiger partial charge on any atom is 0.256 e. The van der Waals surface area contributed by atoms with E-state index in [0.717, 1.165) is 26.2 Å². The molecule has 1 amide bonds. The Morgan fingerprint density at radius 3 is 2.35 bits per heavy atom. The van der Waals surface area contributed by atoms with Crippen molar-refractivity contribution in [3.63, 3.8) is 0 Å². The van der Waals surface area contributed by atoms with Crippen LogP contribution in [0.25, 0.3) is 0 Å². The lowest BCUT2D eigenvalue weighted by atomic mass is 10.1. The lowest BCUT2D eigenvalue weighted by Gasteiger charge is -2.13. The topological polar surface area (TPSA) is 29.1 Å². The van der Waals surface area contributed by atoms with E-state index in [1.54, 1.807) is 11.8 Å². The molecule has 2 rings (SSSR count). The molecular formula is C16H16BrNOS. The van der Waals surface area contributed by atoms with Crippen molar-refractivity contribution in [3.05, 3.63) is 57.6 Å². The van der Waals surface area contributed by atoms with Crippen LogP contribution in [0.1, 0.15) is 21.5 Å². The van der Waals surface area contributed by atoms with Gasteiger partial charge >= 0.3 is 0 Å². The van der Waals surface area contributed by atoms with E-state index < -0.39 is 0 Å². The predicted octanol–water partition coefficient (Wildman–Crippen LogP) is 5.04. The van der Waals surface area contributed by atoms with Crippen LogP contribution in [0.15, 0.2) is 45.8 Å². The van der Waals surface area contributed by atoms with Gasteiger partial charge in [-0.25, -0.2) is 0 Å². The maximum absolute atomic E-state index is 12.4. The minimum Gasteiger partial charge on any atom is -0.321 e. The fraction of sp³-hybridized carbons (Fsp3) is 0.188. The average molecular weight is 350 g/mol. The molecule has 4 heteroatoms. The van der Waals surface area contributed by atoms with Gasteiger partial charge in [0.05, 0.1) is 5.56 Å². The second kappa shape index (κ2) is 6.46. The quantitative estimate of drug-likeness (QED) is 0.786. The van der Waals surface area contributed by atoms with Crippen molar-refractivity contribution < 1.29 is 4.79 Å². The van der Waals surface area contributed by atoms with Gasteiger partial charge in [-0.2, -0.15) is 0 Å². The Morgan fingerprint density at radius 2 is 1.75 bits per heavy atom. The first-order valence-corrected chi connectivity index (χ1v) is 8.26. The minimum absolute atomic E-state index is 0.0662. The van der Waals surface area contributed by atoms with Crippen LogP contribution in [0.4, 0.5) is 5.69 Å². The van der Waals surface area contributed by atoms with E-state index in [-0.39, 0.29) is 5.91 Å². The van der Waals surface area contributed by atoms with E-state index >= 15 is 0 Å². The molecule has 0 heterocycles. The minimum atomic E-state index is -0.0662. The summed E-state index contributed by atoms with van der Waals surface area (Å²) in [5.74, 6) is -0.0662. The zero-order valence-corrected chi connectivity index (χ0v) is 14.1. The summed E-state index contributed by atoms with van der Waals surface area (Å²) in [4.78, 5) is 13.4. The highest BCUT2D eigenvalue weighted by Crippen LogP contribution is 2.27. The number of carbonyl (C=O) groups excluding carboxylic acids is 1. The summed E-state index contributed by atoms with van der Waals surface area (Å²) in [6.45, 7) is 3.99. The van der Waals surface area contributed by atoms with Crippen LogP contribution < -0.4 is 5.32 Å². The average Bonchev–Trinajstić information content (AvgIpc) is 2.42. The molecule has 0 bridgehead atoms. The summed E-state index contributed by atoms with van der Waals surface area (Å²) in [5.41, 5.74) is 3.69. The second-order valence-electron chi connectivity index (χ2n) is 4.57. The van der Waals surface area contributed by atoms with E-state index in [4.69, 9.17) is 0 Å². The monoisotopic (exact) mass is 349 g/mol. The highest BCUT2D eigenvalue weighted by atomic mass is 79.9. The molecule has 1 N–H and O–H groups in total. The standard InChI is InChI=1S/C16H16BrNOS/c1-10-8-12(17)9-11(2)15(10)18-16(19)13-6-4-5-7-14(13)20-3/h4-9H,1-3H3,(H,18,19). The van der Waals surface area contributed by atoms with E-state index in [1.807, 2.05) is 56.5 Å². The van der Waals surface area contributed by atoms with Crippen molar-refractivity contribution in [1.29, 1.82) is 0 Å². The van der Waals surface area contributed by atoms with Gasteiger partial charge < -0.3 is 5.32 Å². The Labute approximate surface area is 132 Å². The van der Waals surface area contributed by atoms with Gasteiger partial charge in [0.25, 0.3) is 5.91 Å². The third-order valence-corrected chi connectivity index (χ3v) is 4.34. The van der Waals surface area contributed by atoms with Gasteiger partial charge in [0, 0.05) is 15.1 Å². The summed E-state index contributed by atoms with van der Waals surface area (Å²) < 4.78 is 1.02. The van der Waals surface area contributed by atoms with Crippen LogP contribution >= 0.6 is 27.7 Å². The molecule has 0 aromatic heterocycles. The molecule has 0 saturated heterocycles.